The number of nitrogens with one attached hydrogen (secondary N) is 1. The van der Waals surface area contributed by atoms with Gasteiger partial charge in [0.2, 0.25) is 5.91 Å². The van der Waals surface area contributed by atoms with Gasteiger partial charge in [-0.1, -0.05) is 53.2 Å². The van der Waals surface area contributed by atoms with Gasteiger partial charge in [-0.05, 0) is 55.5 Å². The minimum absolute atomic E-state index is 0.115. The van der Waals surface area contributed by atoms with Crippen molar-refractivity contribution in [2.75, 3.05) is 11.1 Å². The third-order valence-electron chi connectivity index (χ3n) is 4.50. The number of rotatable bonds is 6. The Morgan fingerprint density at radius 3 is 2.45 bits per heavy atom. The predicted molar refractivity (Wildman–Crippen MR) is 122 cm³/mol. The highest BCUT2D eigenvalue weighted by Crippen LogP contribution is 2.29. The summed E-state index contributed by atoms with van der Waals surface area (Å²) in [7, 11) is 0. The van der Waals surface area contributed by atoms with E-state index in [1.54, 1.807) is 47.0 Å². The first-order chi connectivity index (χ1) is 15.0. The van der Waals surface area contributed by atoms with Gasteiger partial charge in [0.1, 0.15) is 5.82 Å². The Hall–Kier alpha value is -3.16. The van der Waals surface area contributed by atoms with Crippen LogP contribution >= 0.6 is 23.4 Å². The number of nitrogens with zero attached hydrogens (tertiary/aromatic N) is 3. The van der Waals surface area contributed by atoms with Crippen molar-refractivity contribution in [2.45, 2.75) is 12.1 Å². The number of carbonyl (C=O) groups excluding carboxylic acids is 1. The molecule has 156 valence electrons. The molecule has 1 heterocycles. The largest absolute Gasteiger partial charge is 0.325 e. The molecule has 0 fully saturated rings. The molecule has 5 nitrogen and oxygen atoms in total. The van der Waals surface area contributed by atoms with Crippen molar-refractivity contribution in [3.8, 4) is 17.1 Å². The summed E-state index contributed by atoms with van der Waals surface area (Å²) in [5.74, 6) is -0.0924. The van der Waals surface area contributed by atoms with Crippen LogP contribution in [0.2, 0.25) is 5.02 Å². The molecular formula is C23H18ClFN4OS. The fourth-order valence-corrected chi connectivity index (χ4v) is 3.85. The molecule has 8 heteroatoms. The molecule has 1 N–H and O–H groups in total. The third kappa shape index (κ3) is 4.95. The molecule has 4 aromatic rings. The van der Waals surface area contributed by atoms with Gasteiger partial charge in [0, 0.05) is 16.4 Å². The number of anilines is 1. The zero-order chi connectivity index (χ0) is 21.8. The second-order valence-electron chi connectivity index (χ2n) is 6.80. The number of carbonyl (C=O) groups is 1. The first kappa shape index (κ1) is 21.1. The van der Waals surface area contributed by atoms with Crippen molar-refractivity contribution >= 4 is 35.0 Å². The summed E-state index contributed by atoms with van der Waals surface area (Å²) >= 11 is 7.10. The summed E-state index contributed by atoms with van der Waals surface area (Å²) < 4.78 is 16.2. The highest BCUT2D eigenvalue weighted by molar-refractivity contribution is 7.99. The topological polar surface area (TPSA) is 59.8 Å². The summed E-state index contributed by atoms with van der Waals surface area (Å²) in [6, 6.07) is 21.1. The summed E-state index contributed by atoms with van der Waals surface area (Å²) in [4.78, 5) is 12.4. The average molecular weight is 453 g/mol. The number of hydrogen-bond acceptors (Lipinski definition) is 4. The first-order valence-corrected chi connectivity index (χ1v) is 10.8. The van der Waals surface area contributed by atoms with Crippen molar-refractivity contribution in [1.82, 2.24) is 14.8 Å². The molecule has 0 bridgehead atoms. The van der Waals surface area contributed by atoms with Crippen LogP contribution in [0.25, 0.3) is 17.1 Å². The molecule has 1 aromatic heterocycles. The Morgan fingerprint density at radius 2 is 1.74 bits per heavy atom. The van der Waals surface area contributed by atoms with E-state index in [-0.39, 0.29) is 17.5 Å². The summed E-state index contributed by atoms with van der Waals surface area (Å²) in [6.45, 7) is 1.99. The second kappa shape index (κ2) is 9.32. The van der Waals surface area contributed by atoms with Crippen molar-refractivity contribution < 1.29 is 9.18 Å². The fraction of sp³-hybridized carbons (Fsp3) is 0.0870. The molecule has 0 saturated carbocycles. The minimum Gasteiger partial charge on any atom is -0.325 e. The molecule has 0 aliphatic heterocycles. The lowest BCUT2D eigenvalue weighted by atomic mass is 10.2. The Labute approximate surface area is 188 Å². The number of amides is 1. The van der Waals surface area contributed by atoms with Crippen LogP contribution in [0.5, 0.6) is 0 Å². The maximum absolute atomic E-state index is 14.5. The summed E-state index contributed by atoms with van der Waals surface area (Å²) in [5, 5.41) is 12.4. The molecule has 3 aromatic carbocycles. The van der Waals surface area contributed by atoms with Crippen LogP contribution in [0.1, 0.15) is 5.56 Å². The van der Waals surface area contributed by atoms with E-state index in [1.807, 2.05) is 31.2 Å². The number of benzene rings is 3. The van der Waals surface area contributed by atoms with Crippen LogP contribution in [0.4, 0.5) is 10.1 Å². The van der Waals surface area contributed by atoms with Gasteiger partial charge >= 0.3 is 0 Å². The minimum atomic E-state index is -0.389. The lowest BCUT2D eigenvalue weighted by molar-refractivity contribution is -0.113. The smallest absolute Gasteiger partial charge is 0.234 e. The van der Waals surface area contributed by atoms with E-state index in [4.69, 9.17) is 11.6 Å². The fourth-order valence-electron chi connectivity index (χ4n) is 2.97. The second-order valence-corrected chi connectivity index (χ2v) is 8.18. The molecule has 31 heavy (non-hydrogen) atoms. The highest BCUT2D eigenvalue weighted by atomic mass is 35.5. The maximum atomic E-state index is 14.5. The van der Waals surface area contributed by atoms with Crippen molar-refractivity contribution in [3.63, 3.8) is 0 Å². The summed E-state index contributed by atoms with van der Waals surface area (Å²) in [6.07, 6.45) is 0. The van der Waals surface area contributed by atoms with Gasteiger partial charge < -0.3 is 5.32 Å². The normalized spacial score (nSPS) is 10.8. The molecule has 0 atom stereocenters. The lowest BCUT2D eigenvalue weighted by Crippen LogP contribution is -2.14. The molecule has 1 amide bonds. The number of aromatic nitrogens is 3. The van der Waals surface area contributed by atoms with Crippen LogP contribution in [0, 0.1) is 12.7 Å². The van der Waals surface area contributed by atoms with E-state index in [2.05, 4.69) is 15.5 Å². The number of aryl methyl sites for hydroxylation is 1. The van der Waals surface area contributed by atoms with Crippen LogP contribution < -0.4 is 5.32 Å². The van der Waals surface area contributed by atoms with E-state index < -0.39 is 0 Å². The summed E-state index contributed by atoms with van der Waals surface area (Å²) in [5.41, 5.74) is 2.88. The van der Waals surface area contributed by atoms with E-state index in [0.717, 1.165) is 11.3 Å². The number of hydrogen-bond donors (Lipinski definition) is 1. The van der Waals surface area contributed by atoms with Crippen molar-refractivity contribution in [2.24, 2.45) is 0 Å². The van der Waals surface area contributed by atoms with E-state index in [0.29, 0.717) is 27.3 Å². The molecule has 0 unspecified atom stereocenters. The third-order valence-corrected chi connectivity index (χ3v) is 5.68. The average Bonchev–Trinajstić information content (AvgIpc) is 3.18. The van der Waals surface area contributed by atoms with Gasteiger partial charge in [0.25, 0.3) is 0 Å². The van der Waals surface area contributed by atoms with Gasteiger partial charge in [-0.3, -0.25) is 9.36 Å². The van der Waals surface area contributed by atoms with Crippen molar-refractivity contribution in [3.05, 3.63) is 89.2 Å². The monoisotopic (exact) mass is 452 g/mol. The van der Waals surface area contributed by atoms with Gasteiger partial charge in [-0.2, -0.15) is 0 Å². The Kier molecular flexibility index (Phi) is 6.34. The molecule has 0 saturated heterocycles. The van der Waals surface area contributed by atoms with E-state index in [9.17, 15) is 9.18 Å². The number of thioether (sulfide) groups is 1. The number of halogens is 2. The van der Waals surface area contributed by atoms with E-state index >= 15 is 0 Å². The molecule has 0 aliphatic rings. The van der Waals surface area contributed by atoms with Crippen molar-refractivity contribution in [1.29, 1.82) is 0 Å². The quantitative estimate of drug-likeness (QED) is 0.377. The van der Waals surface area contributed by atoms with Gasteiger partial charge in [0.15, 0.2) is 11.0 Å². The Balaban J connectivity index is 1.61. The first-order valence-electron chi connectivity index (χ1n) is 9.47. The Morgan fingerprint density at radius 1 is 1.03 bits per heavy atom. The lowest BCUT2D eigenvalue weighted by Gasteiger charge is -2.11. The van der Waals surface area contributed by atoms with Crippen LogP contribution in [0.15, 0.2) is 78.0 Å². The molecule has 0 spiro atoms. The van der Waals surface area contributed by atoms with Crippen LogP contribution in [0.3, 0.4) is 0 Å². The SMILES string of the molecule is Cc1ccc(-n2c(SCC(=O)Nc3ccc(Cl)cc3)nnc2-c2ccccc2F)cc1. The maximum Gasteiger partial charge on any atom is 0.234 e. The Bertz CT molecular complexity index is 1210. The molecule has 0 radical (unpaired) electrons. The molecule has 4 rings (SSSR count). The standard InChI is InChI=1S/C23H18ClFN4OS/c1-15-6-12-18(13-7-15)29-22(19-4-2-3-5-20(19)25)27-28-23(29)31-14-21(30)26-17-10-8-16(24)9-11-17/h2-13H,14H2,1H3,(H,26,30). The zero-order valence-corrected chi connectivity index (χ0v) is 18.1. The van der Waals surface area contributed by atoms with Gasteiger partial charge in [0.05, 0.1) is 11.3 Å². The van der Waals surface area contributed by atoms with Crippen LogP contribution in [-0.4, -0.2) is 26.4 Å². The van der Waals surface area contributed by atoms with Gasteiger partial charge in [-0.15, -0.1) is 10.2 Å². The zero-order valence-electron chi connectivity index (χ0n) is 16.5. The predicted octanol–water partition coefficient (Wildman–Crippen LogP) is 5.77. The van der Waals surface area contributed by atoms with Gasteiger partial charge in [-0.25, -0.2) is 4.39 Å². The van der Waals surface area contributed by atoms with E-state index in [1.165, 1.54) is 17.8 Å². The molecular weight excluding hydrogens is 435 g/mol. The van der Waals surface area contributed by atoms with Crippen LogP contribution in [-0.2, 0) is 4.79 Å². The highest BCUT2D eigenvalue weighted by Gasteiger charge is 2.19. The molecule has 0 aliphatic carbocycles.